The monoisotopic (exact) mass is 315 g/mol. The summed E-state index contributed by atoms with van der Waals surface area (Å²) in [6, 6.07) is 9.57. The number of carbonyl (C=O) groups excluding carboxylic acids is 1. The zero-order valence-electron chi connectivity index (χ0n) is 12.9. The third kappa shape index (κ3) is 4.53. The van der Waals surface area contributed by atoms with Gasteiger partial charge in [-0.2, -0.15) is 5.10 Å². The van der Waals surface area contributed by atoms with E-state index in [1.165, 1.54) is 0 Å². The minimum atomic E-state index is -0.464. The fourth-order valence-corrected chi connectivity index (χ4v) is 2.58. The number of hydrogen-bond donors (Lipinski definition) is 3. The molecule has 122 valence electrons. The molecule has 1 aromatic heterocycles. The maximum atomic E-state index is 11.7. The van der Waals surface area contributed by atoms with E-state index in [-0.39, 0.29) is 13.2 Å². The molecule has 1 aromatic carbocycles. The molecule has 0 atom stereocenters. The minimum Gasteiger partial charge on any atom is -0.445 e. The molecular formula is C16H21N5O2. The van der Waals surface area contributed by atoms with Gasteiger partial charge in [0, 0.05) is 5.92 Å². The van der Waals surface area contributed by atoms with Gasteiger partial charge in [-0.25, -0.2) is 9.78 Å². The maximum Gasteiger partial charge on any atom is 0.407 e. The molecule has 0 spiro atoms. The lowest BCUT2D eigenvalue weighted by molar-refractivity contribution is 0.139. The molecule has 0 bridgehead atoms. The van der Waals surface area contributed by atoms with Crippen LogP contribution in [-0.4, -0.2) is 34.4 Å². The van der Waals surface area contributed by atoms with Gasteiger partial charge in [-0.15, -0.1) is 0 Å². The van der Waals surface area contributed by atoms with Crippen molar-refractivity contribution in [2.24, 2.45) is 0 Å². The number of piperidine rings is 1. The molecule has 23 heavy (non-hydrogen) atoms. The van der Waals surface area contributed by atoms with Crippen LogP contribution in [0.2, 0.25) is 0 Å². The first kappa shape index (κ1) is 15.5. The number of rotatable bonds is 5. The van der Waals surface area contributed by atoms with E-state index in [0.717, 1.165) is 37.3 Å². The predicted molar refractivity (Wildman–Crippen MR) is 84.7 cm³/mol. The van der Waals surface area contributed by atoms with Gasteiger partial charge in [0.2, 0.25) is 0 Å². The Morgan fingerprint density at radius 1 is 1.26 bits per heavy atom. The largest absolute Gasteiger partial charge is 0.445 e. The summed E-state index contributed by atoms with van der Waals surface area (Å²) in [5, 5.41) is 13.1. The summed E-state index contributed by atoms with van der Waals surface area (Å²) < 4.78 is 5.15. The van der Waals surface area contributed by atoms with Crippen molar-refractivity contribution in [2.75, 3.05) is 13.1 Å². The van der Waals surface area contributed by atoms with Crippen LogP contribution in [-0.2, 0) is 17.9 Å². The van der Waals surface area contributed by atoms with Crippen LogP contribution in [0.1, 0.15) is 36.0 Å². The minimum absolute atomic E-state index is 0.253. The molecule has 2 heterocycles. The van der Waals surface area contributed by atoms with Gasteiger partial charge in [-0.3, -0.25) is 5.10 Å². The highest BCUT2D eigenvalue weighted by Crippen LogP contribution is 2.21. The lowest BCUT2D eigenvalue weighted by atomic mass is 9.98. The highest BCUT2D eigenvalue weighted by Gasteiger charge is 2.19. The van der Waals surface area contributed by atoms with Crippen LogP contribution in [0.3, 0.4) is 0 Å². The Kier molecular flexibility index (Phi) is 5.21. The Balaban J connectivity index is 1.43. The van der Waals surface area contributed by atoms with Crippen molar-refractivity contribution >= 4 is 6.09 Å². The van der Waals surface area contributed by atoms with E-state index in [9.17, 15) is 4.79 Å². The number of nitrogens with one attached hydrogen (secondary N) is 3. The summed E-state index contributed by atoms with van der Waals surface area (Å²) in [6.45, 7) is 2.53. The van der Waals surface area contributed by atoms with Crippen molar-refractivity contribution in [2.45, 2.75) is 31.9 Å². The smallest absolute Gasteiger partial charge is 0.407 e. The quantitative estimate of drug-likeness (QED) is 0.781. The van der Waals surface area contributed by atoms with Crippen LogP contribution in [0.4, 0.5) is 4.79 Å². The van der Waals surface area contributed by atoms with Crippen LogP contribution < -0.4 is 10.6 Å². The summed E-state index contributed by atoms with van der Waals surface area (Å²) in [4.78, 5) is 16.2. The molecule has 0 aliphatic carbocycles. The highest BCUT2D eigenvalue weighted by atomic mass is 16.5. The second-order valence-corrected chi connectivity index (χ2v) is 5.58. The fraction of sp³-hybridized carbons (Fsp3) is 0.438. The molecule has 3 N–H and O–H groups in total. The lowest BCUT2D eigenvalue weighted by Gasteiger charge is -2.19. The molecule has 0 unspecified atom stereocenters. The van der Waals surface area contributed by atoms with Crippen molar-refractivity contribution in [3.8, 4) is 0 Å². The van der Waals surface area contributed by atoms with E-state index >= 15 is 0 Å². The van der Waals surface area contributed by atoms with E-state index < -0.39 is 6.09 Å². The SMILES string of the molecule is O=C(NCc1nc(C2CCNCC2)n[nH]1)OCc1ccccc1. The van der Waals surface area contributed by atoms with E-state index in [2.05, 4.69) is 25.8 Å². The van der Waals surface area contributed by atoms with Gasteiger partial charge in [0.1, 0.15) is 12.4 Å². The average molecular weight is 315 g/mol. The Bertz CT molecular complexity index is 622. The molecule has 1 amide bonds. The molecule has 7 nitrogen and oxygen atoms in total. The Hall–Kier alpha value is -2.41. The third-order valence-corrected chi connectivity index (χ3v) is 3.87. The van der Waals surface area contributed by atoms with Gasteiger partial charge in [-0.05, 0) is 31.5 Å². The number of alkyl carbamates (subject to hydrolysis) is 1. The summed E-state index contributed by atoms with van der Waals surface area (Å²) >= 11 is 0. The number of amides is 1. The molecule has 0 radical (unpaired) electrons. The van der Waals surface area contributed by atoms with E-state index in [1.54, 1.807) is 0 Å². The van der Waals surface area contributed by atoms with Gasteiger partial charge in [0.15, 0.2) is 5.82 Å². The summed E-state index contributed by atoms with van der Waals surface area (Å²) in [5.74, 6) is 1.88. The molecule has 0 saturated carbocycles. The van der Waals surface area contributed by atoms with Gasteiger partial charge in [-0.1, -0.05) is 30.3 Å². The zero-order chi connectivity index (χ0) is 15.9. The highest BCUT2D eigenvalue weighted by molar-refractivity contribution is 5.67. The first-order valence-corrected chi connectivity index (χ1v) is 7.87. The molecule has 1 aliphatic rings. The van der Waals surface area contributed by atoms with Crippen LogP contribution in [0.25, 0.3) is 0 Å². The van der Waals surface area contributed by atoms with E-state index in [1.807, 2.05) is 30.3 Å². The maximum absolute atomic E-state index is 11.7. The number of nitrogens with zero attached hydrogens (tertiary/aromatic N) is 2. The molecular weight excluding hydrogens is 294 g/mol. The van der Waals surface area contributed by atoms with Crippen molar-refractivity contribution in [1.82, 2.24) is 25.8 Å². The number of ether oxygens (including phenoxy) is 1. The molecule has 1 aliphatic heterocycles. The van der Waals surface area contributed by atoms with Crippen molar-refractivity contribution in [1.29, 1.82) is 0 Å². The molecule has 2 aromatic rings. The van der Waals surface area contributed by atoms with Crippen molar-refractivity contribution < 1.29 is 9.53 Å². The predicted octanol–water partition coefficient (Wildman–Crippen LogP) is 1.70. The molecule has 7 heteroatoms. The summed E-state index contributed by atoms with van der Waals surface area (Å²) in [5.41, 5.74) is 0.954. The number of benzene rings is 1. The molecule has 3 rings (SSSR count). The number of carbonyl (C=O) groups is 1. The number of aromatic amines is 1. The first-order valence-electron chi connectivity index (χ1n) is 7.87. The Labute approximate surface area is 134 Å². The van der Waals surface area contributed by atoms with Gasteiger partial charge in [0.25, 0.3) is 0 Å². The second-order valence-electron chi connectivity index (χ2n) is 5.58. The van der Waals surface area contributed by atoms with Crippen LogP contribution in [0.15, 0.2) is 30.3 Å². The van der Waals surface area contributed by atoms with Gasteiger partial charge >= 0.3 is 6.09 Å². The normalized spacial score (nSPS) is 15.3. The molecule has 1 saturated heterocycles. The number of H-pyrrole nitrogens is 1. The zero-order valence-corrected chi connectivity index (χ0v) is 12.9. The number of hydrogen-bond acceptors (Lipinski definition) is 5. The van der Waals surface area contributed by atoms with Crippen molar-refractivity contribution in [3.63, 3.8) is 0 Å². The topological polar surface area (TPSA) is 91.9 Å². The standard InChI is InChI=1S/C16H21N5O2/c22-16(23-11-12-4-2-1-3-5-12)18-10-14-19-15(21-20-14)13-6-8-17-9-7-13/h1-5,13,17H,6-11H2,(H,18,22)(H,19,20,21). The van der Waals surface area contributed by atoms with Crippen LogP contribution >= 0.6 is 0 Å². The van der Waals surface area contributed by atoms with E-state index in [0.29, 0.717) is 11.7 Å². The lowest BCUT2D eigenvalue weighted by Crippen LogP contribution is -2.27. The Morgan fingerprint density at radius 3 is 2.83 bits per heavy atom. The van der Waals surface area contributed by atoms with Crippen LogP contribution in [0, 0.1) is 0 Å². The summed E-state index contributed by atoms with van der Waals surface area (Å²) in [6.07, 6.45) is 1.63. The van der Waals surface area contributed by atoms with E-state index in [4.69, 9.17) is 4.74 Å². The fourth-order valence-electron chi connectivity index (χ4n) is 2.58. The average Bonchev–Trinajstić information content (AvgIpc) is 3.09. The van der Waals surface area contributed by atoms with Gasteiger partial charge in [0.05, 0.1) is 6.54 Å². The Morgan fingerprint density at radius 2 is 2.04 bits per heavy atom. The van der Waals surface area contributed by atoms with Crippen molar-refractivity contribution in [3.05, 3.63) is 47.5 Å². The van der Waals surface area contributed by atoms with Gasteiger partial charge < -0.3 is 15.4 Å². The van der Waals surface area contributed by atoms with Crippen LogP contribution in [0.5, 0.6) is 0 Å². The third-order valence-electron chi connectivity index (χ3n) is 3.87. The number of aromatic nitrogens is 3. The summed E-state index contributed by atoms with van der Waals surface area (Å²) in [7, 11) is 0. The molecule has 1 fully saturated rings. The first-order chi connectivity index (χ1) is 11.3. The second kappa shape index (κ2) is 7.73.